The van der Waals surface area contributed by atoms with Crippen LogP contribution < -0.4 is 14.9 Å². The van der Waals surface area contributed by atoms with Crippen LogP contribution in [-0.2, 0) is 44.1 Å². The molecule has 13 heteroatoms. The van der Waals surface area contributed by atoms with Crippen LogP contribution in [0.1, 0.15) is 48.0 Å². The number of carbonyl (C=O) groups is 3. The molecule has 210 valence electrons. The number of amides is 2. The average Bonchev–Trinajstić information content (AvgIpc) is 3.34. The van der Waals surface area contributed by atoms with Crippen molar-refractivity contribution in [2.24, 2.45) is 18.0 Å². The Morgan fingerprint density at radius 2 is 1.92 bits per heavy atom. The predicted molar refractivity (Wildman–Crippen MR) is 151 cm³/mol. The van der Waals surface area contributed by atoms with E-state index in [0.29, 0.717) is 35.1 Å². The summed E-state index contributed by atoms with van der Waals surface area (Å²) in [5.74, 6) is -2.93. The molecule has 2 heterocycles. The summed E-state index contributed by atoms with van der Waals surface area (Å²) in [6, 6.07) is 5.49. The zero-order chi connectivity index (χ0) is 28.3. The van der Waals surface area contributed by atoms with Crippen LogP contribution in [0.15, 0.2) is 23.2 Å². The van der Waals surface area contributed by atoms with Gasteiger partial charge in [-0.2, -0.15) is 4.99 Å². The molecule has 4 rings (SSSR count). The molecule has 39 heavy (non-hydrogen) atoms. The number of hydrogen-bond donors (Lipinski definition) is 1. The molecule has 1 aromatic carbocycles. The first-order chi connectivity index (χ1) is 18.5. The van der Waals surface area contributed by atoms with Crippen molar-refractivity contribution in [1.29, 1.82) is 0 Å². The third-order valence-electron chi connectivity index (χ3n) is 6.25. The van der Waals surface area contributed by atoms with Gasteiger partial charge in [0.25, 0.3) is 5.91 Å². The lowest BCUT2D eigenvalue weighted by atomic mass is 9.88. The molecule has 1 aliphatic carbocycles. The maximum Gasteiger partial charge on any atom is 0.341 e. The van der Waals surface area contributed by atoms with Crippen molar-refractivity contribution in [3.63, 3.8) is 0 Å². The lowest BCUT2D eigenvalue weighted by molar-refractivity contribution is -0.115. The lowest BCUT2D eigenvalue weighted by Gasteiger charge is -2.18. The number of nitrogens with one attached hydrogen (secondary N) is 1. The van der Waals surface area contributed by atoms with E-state index < -0.39 is 39.1 Å². The maximum absolute atomic E-state index is 12.7. The summed E-state index contributed by atoms with van der Waals surface area (Å²) in [6.07, 6.45) is 2.38. The van der Waals surface area contributed by atoms with Crippen molar-refractivity contribution in [2.75, 3.05) is 30.0 Å². The number of ether oxygens (including phenoxy) is 2. The number of anilines is 1. The van der Waals surface area contributed by atoms with Gasteiger partial charge in [-0.15, -0.1) is 11.3 Å². The van der Waals surface area contributed by atoms with Crippen molar-refractivity contribution < 1.29 is 32.3 Å². The van der Waals surface area contributed by atoms with E-state index in [2.05, 4.69) is 17.2 Å². The molecule has 3 aromatic rings. The fraction of sp³-hybridized carbons (Fsp3) is 0.462. The first-order valence-electron chi connectivity index (χ1n) is 12.6. The molecule has 0 fully saturated rings. The smallest absolute Gasteiger partial charge is 0.341 e. The highest BCUT2D eigenvalue weighted by Crippen LogP contribution is 2.40. The number of sulfone groups is 1. The molecule has 0 spiro atoms. The number of hydrogen-bond acceptors (Lipinski definition) is 9. The Bertz CT molecular complexity index is 1600. The molecular formula is C26H31N3O7S3. The van der Waals surface area contributed by atoms with E-state index in [9.17, 15) is 22.8 Å². The molecule has 0 radical (unpaired) electrons. The monoisotopic (exact) mass is 593 g/mol. The van der Waals surface area contributed by atoms with E-state index in [1.807, 2.05) is 25.1 Å². The summed E-state index contributed by atoms with van der Waals surface area (Å²) >= 11 is 2.51. The summed E-state index contributed by atoms with van der Waals surface area (Å²) in [4.78, 5) is 43.3. The molecule has 1 unspecified atom stereocenters. The number of aromatic nitrogens is 1. The number of rotatable bonds is 9. The van der Waals surface area contributed by atoms with Crippen LogP contribution in [0, 0.1) is 5.92 Å². The first-order valence-corrected chi connectivity index (χ1v) is 16.1. The topological polar surface area (TPSA) is 133 Å². The minimum absolute atomic E-state index is 0.179. The minimum Gasteiger partial charge on any atom is -0.494 e. The van der Waals surface area contributed by atoms with E-state index in [0.717, 1.165) is 33.5 Å². The molecule has 10 nitrogen and oxygen atoms in total. The Labute approximate surface area is 234 Å². The Morgan fingerprint density at radius 1 is 1.15 bits per heavy atom. The SMILES string of the molecule is CCOC(=O)c1c(NC(=O)CS(=O)(=O)CC(=O)N=c2sc3cc(OCC)ccc3n2C)sc2c1CCC(C)C2. The van der Waals surface area contributed by atoms with Gasteiger partial charge in [0, 0.05) is 11.9 Å². The Morgan fingerprint density at radius 3 is 2.64 bits per heavy atom. The van der Waals surface area contributed by atoms with E-state index in [4.69, 9.17) is 9.47 Å². The van der Waals surface area contributed by atoms with Crippen molar-refractivity contribution in [3.8, 4) is 5.75 Å². The average molecular weight is 594 g/mol. The largest absolute Gasteiger partial charge is 0.494 e. The van der Waals surface area contributed by atoms with Gasteiger partial charge in [-0.1, -0.05) is 18.3 Å². The molecular weight excluding hydrogens is 563 g/mol. The van der Waals surface area contributed by atoms with Gasteiger partial charge in [0.15, 0.2) is 14.6 Å². The molecule has 2 aromatic heterocycles. The van der Waals surface area contributed by atoms with Crippen molar-refractivity contribution in [3.05, 3.63) is 39.0 Å². The van der Waals surface area contributed by atoms with Crippen molar-refractivity contribution in [1.82, 2.24) is 4.57 Å². The summed E-state index contributed by atoms with van der Waals surface area (Å²) in [7, 11) is -2.39. The van der Waals surface area contributed by atoms with Gasteiger partial charge in [0.2, 0.25) is 5.91 Å². The fourth-order valence-corrected chi connectivity index (χ4v) is 7.97. The standard InChI is InChI=1S/C26H31N3O7S3/c1-5-35-16-8-10-18-20(12-16)38-26(29(18)4)28-22(31)14-39(33,34)13-21(30)27-24-23(25(32)36-6-2)17-9-7-15(3)11-19(17)37-24/h8,10,12,15H,5-7,9,11,13-14H2,1-4H3,(H,27,30). The molecule has 0 saturated heterocycles. The van der Waals surface area contributed by atoms with Crippen molar-refractivity contribution in [2.45, 2.75) is 40.0 Å². The first kappa shape index (κ1) is 29.0. The van der Waals surface area contributed by atoms with Gasteiger partial charge in [-0.25, -0.2) is 13.2 Å². The normalized spacial score (nSPS) is 15.7. The second-order valence-corrected chi connectivity index (χ2v) is 13.5. The van der Waals surface area contributed by atoms with Gasteiger partial charge in [-0.3, -0.25) is 9.59 Å². The van der Waals surface area contributed by atoms with Crippen molar-refractivity contribution >= 4 is 65.5 Å². The van der Waals surface area contributed by atoms with Gasteiger partial charge in [0.05, 0.1) is 29.0 Å². The number of fused-ring (bicyclic) bond motifs is 2. The molecule has 0 aliphatic heterocycles. The van der Waals surface area contributed by atoms with Crippen LogP contribution in [0.25, 0.3) is 10.2 Å². The third kappa shape index (κ3) is 6.76. The minimum atomic E-state index is -4.12. The number of esters is 1. The highest BCUT2D eigenvalue weighted by molar-refractivity contribution is 7.92. The second kappa shape index (κ2) is 12.0. The fourth-order valence-electron chi connectivity index (χ4n) is 4.48. The molecule has 1 N–H and O–H groups in total. The second-order valence-electron chi connectivity index (χ2n) is 9.37. The van der Waals surface area contributed by atoms with Crippen LogP contribution >= 0.6 is 22.7 Å². The maximum atomic E-state index is 12.7. The highest BCUT2D eigenvalue weighted by Gasteiger charge is 2.30. The number of benzene rings is 1. The molecule has 2 amide bonds. The zero-order valence-corrected chi connectivity index (χ0v) is 24.7. The van der Waals surface area contributed by atoms with Gasteiger partial charge in [0.1, 0.15) is 22.3 Å². The number of thiazole rings is 1. The van der Waals surface area contributed by atoms with E-state index in [-0.39, 0.29) is 11.6 Å². The number of carbonyl (C=O) groups excluding carboxylic acids is 3. The van der Waals surface area contributed by atoms with E-state index in [1.165, 1.54) is 22.7 Å². The Balaban J connectivity index is 1.48. The number of aryl methyl sites for hydroxylation is 1. The molecule has 1 aliphatic rings. The lowest BCUT2D eigenvalue weighted by Crippen LogP contribution is -2.28. The van der Waals surface area contributed by atoms with E-state index >= 15 is 0 Å². The Hall–Kier alpha value is -3.03. The summed E-state index contributed by atoms with van der Waals surface area (Å²) in [5.41, 5.74) is 1.97. The van der Waals surface area contributed by atoms with Gasteiger partial charge in [-0.05, 0) is 62.8 Å². The quantitative estimate of drug-likeness (QED) is 0.376. The predicted octanol–water partition coefficient (Wildman–Crippen LogP) is 3.48. The summed E-state index contributed by atoms with van der Waals surface area (Å²) in [6.45, 7) is 6.40. The van der Waals surface area contributed by atoms with Gasteiger partial charge < -0.3 is 19.4 Å². The van der Waals surface area contributed by atoms with Crippen LogP contribution in [-0.4, -0.2) is 55.5 Å². The highest BCUT2D eigenvalue weighted by atomic mass is 32.2. The summed E-state index contributed by atoms with van der Waals surface area (Å²) < 4.78 is 38.7. The van der Waals surface area contributed by atoms with Crippen LogP contribution in [0.5, 0.6) is 5.75 Å². The molecule has 0 saturated carbocycles. The summed E-state index contributed by atoms with van der Waals surface area (Å²) in [5, 5.41) is 2.87. The number of thiophene rings is 1. The van der Waals surface area contributed by atoms with Crippen LogP contribution in [0.4, 0.5) is 5.00 Å². The van der Waals surface area contributed by atoms with Crippen LogP contribution in [0.2, 0.25) is 0 Å². The Kier molecular flexibility index (Phi) is 8.92. The molecule has 0 bridgehead atoms. The van der Waals surface area contributed by atoms with E-state index in [1.54, 1.807) is 18.5 Å². The number of nitrogens with zero attached hydrogens (tertiary/aromatic N) is 2. The van der Waals surface area contributed by atoms with Gasteiger partial charge >= 0.3 is 5.97 Å². The molecule has 1 atom stereocenters. The zero-order valence-electron chi connectivity index (χ0n) is 22.2. The third-order valence-corrected chi connectivity index (χ3v) is 9.90. The van der Waals surface area contributed by atoms with Crippen LogP contribution in [0.3, 0.4) is 0 Å².